The Hall–Kier alpha value is -5.99. The van der Waals surface area contributed by atoms with Crippen LogP contribution in [0, 0.1) is 12.3 Å². The number of anilines is 3. The Kier molecular flexibility index (Phi) is 16.9. The zero-order valence-electron chi connectivity index (χ0n) is 34.2. The quantitative estimate of drug-likeness (QED) is 0.0485. The number of aromatic nitrogens is 9. The number of aliphatic hydroxyl groups is 2. The van der Waals surface area contributed by atoms with Crippen LogP contribution in [0.25, 0.3) is 0 Å². The molecule has 2 aliphatic heterocycles. The van der Waals surface area contributed by atoms with Crippen LogP contribution >= 0.6 is 0 Å². The first-order valence-electron chi connectivity index (χ1n) is 20.4. The van der Waals surface area contributed by atoms with Crippen molar-refractivity contribution >= 4 is 29.7 Å². The molecule has 4 aromatic rings. The average Bonchev–Trinajstić information content (AvgIpc) is 3.94. The first-order valence-corrected chi connectivity index (χ1v) is 20.4. The number of nitrogens with one attached hydrogen (secondary N) is 1. The lowest BCUT2D eigenvalue weighted by atomic mass is 10.0. The first kappa shape index (κ1) is 44.6. The fourth-order valence-corrected chi connectivity index (χ4v) is 6.74. The summed E-state index contributed by atoms with van der Waals surface area (Å²) in [5, 5.41) is 48.1. The van der Waals surface area contributed by atoms with Crippen LogP contribution in [0.15, 0.2) is 36.7 Å². The predicted octanol–water partition coefficient (Wildman–Crippen LogP) is -1.59. The number of amides is 2. The highest BCUT2D eigenvalue weighted by Gasteiger charge is 2.32. The van der Waals surface area contributed by atoms with Gasteiger partial charge in [-0.2, -0.15) is 15.0 Å². The molecule has 2 aliphatic rings. The topological polar surface area (TPSA) is 248 Å². The summed E-state index contributed by atoms with van der Waals surface area (Å²) >= 11 is 0. The van der Waals surface area contributed by atoms with E-state index in [1.807, 2.05) is 9.80 Å². The van der Waals surface area contributed by atoms with Gasteiger partial charge in [0.05, 0.1) is 44.4 Å². The second-order valence-corrected chi connectivity index (χ2v) is 14.3. The van der Waals surface area contributed by atoms with Crippen molar-refractivity contribution in [2.75, 3.05) is 127 Å². The predicted molar refractivity (Wildman–Crippen MR) is 220 cm³/mol. The first-order chi connectivity index (χ1) is 29.8. The highest BCUT2D eigenvalue weighted by Crippen LogP contribution is 2.23. The van der Waals surface area contributed by atoms with E-state index in [9.17, 15) is 24.9 Å². The lowest BCUT2D eigenvalue weighted by molar-refractivity contribution is -0.135. The summed E-state index contributed by atoms with van der Waals surface area (Å²) in [6.07, 6.45) is 9.56. The summed E-state index contributed by atoms with van der Waals surface area (Å²) in [7, 11) is 0. The van der Waals surface area contributed by atoms with Crippen LogP contribution in [-0.4, -0.2) is 194 Å². The van der Waals surface area contributed by atoms with Crippen LogP contribution in [0.2, 0.25) is 0 Å². The molecule has 6 rings (SSSR count). The van der Waals surface area contributed by atoms with Crippen molar-refractivity contribution in [1.82, 2.24) is 54.7 Å². The second kappa shape index (κ2) is 23.1. The van der Waals surface area contributed by atoms with E-state index in [0.29, 0.717) is 140 Å². The van der Waals surface area contributed by atoms with Crippen molar-refractivity contribution in [3.05, 3.63) is 53.6 Å². The highest BCUT2D eigenvalue weighted by atomic mass is 16.5. The Balaban J connectivity index is 1.09. The monoisotopic (exact) mass is 846 g/mol. The molecule has 1 atom stereocenters. The maximum atomic E-state index is 14.2. The lowest BCUT2D eigenvalue weighted by Crippen LogP contribution is -2.52. The molecule has 0 aliphatic carbocycles. The Morgan fingerprint density at radius 2 is 1.34 bits per heavy atom. The van der Waals surface area contributed by atoms with Gasteiger partial charge in [-0.15, -0.1) is 16.6 Å². The van der Waals surface area contributed by atoms with Gasteiger partial charge in [0.15, 0.2) is 0 Å². The number of aliphatic hydroxyl groups excluding tert-OH is 2. The lowest BCUT2D eigenvalue weighted by Gasteiger charge is -2.37. The number of terminal acetylenes is 1. The van der Waals surface area contributed by atoms with Gasteiger partial charge in [0, 0.05) is 104 Å². The number of hydrogen-bond acceptors (Lipinski definition) is 18. The SMILES string of the molecule is C#CCOCCOCCOCCNc1nc(N2CCN(C(=O)Cn3cc(CCO)nn3)CC2)nc(N2CCN(C(=O)[C@H](Cc3ccc(O)cc3)n3cc(CCO)nn3)CC2)n1. The Bertz CT molecular complexity index is 2010. The van der Waals surface area contributed by atoms with Gasteiger partial charge >= 0.3 is 0 Å². The summed E-state index contributed by atoms with van der Waals surface area (Å²) in [6, 6.07) is 6.03. The number of ether oxygens (including phenoxy) is 3. The number of nitrogens with zero attached hydrogens (tertiary/aromatic N) is 13. The third kappa shape index (κ3) is 13.2. The Morgan fingerprint density at radius 1 is 0.754 bits per heavy atom. The number of aromatic hydroxyl groups is 1. The zero-order chi connectivity index (χ0) is 42.8. The van der Waals surface area contributed by atoms with E-state index in [1.54, 1.807) is 51.1 Å². The normalized spacial score (nSPS) is 14.9. The molecule has 0 saturated carbocycles. The Labute approximate surface area is 353 Å². The number of carbonyl (C=O) groups excluding carboxylic acids is 2. The van der Waals surface area contributed by atoms with Gasteiger partial charge in [-0.3, -0.25) is 9.59 Å². The van der Waals surface area contributed by atoms with E-state index >= 15 is 0 Å². The van der Waals surface area contributed by atoms with Crippen LogP contribution in [0.3, 0.4) is 0 Å². The van der Waals surface area contributed by atoms with Crippen molar-refractivity contribution in [3.63, 3.8) is 0 Å². The summed E-state index contributed by atoms with van der Waals surface area (Å²) < 4.78 is 19.5. The van der Waals surface area contributed by atoms with E-state index < -0.39 is 6.04 Å². The molecule has 0 unspecified atom stereocenters. The zero-order valence-corrected chi connectivity index (χ0v) is 34.2. The smallest absolute Gasteiger partial charge is 0.247 e. The third-order valence-corrected chi connectivity index (χ3v) is 10.0. The molecule has 22 heteroatoms. The molecule has 2 amide bonds. The molecule has 3 aromatic heterocycles. The molecule has 0 bridgehead atoms. The fraction of sp³-hybridized carbons (Fsp3) is 0.564. The van der Waals surface area contributed by atoms with Crippen LogP contribution < -0.4 is 15.1 Å². The van der Waals surface area contributed by atoms with Crippen molar-refractivity contribution in [2.45, 2.75) is 31.8 Å². The van der Waals surface area contributed by atoms with Crippen LogP contribution in [0.4, 0.5) is 17.8 Å². The van der Waals surface area contributed by atoms with E-state index in [4.69, 9.17) is 35.6 Å². The second-order valence-electron chi connectivity index (χ2n) is 14.3. The molecule has 22 nitrogen and oxygen atoms in total. The van der Waals surface area contributed by atoms with Gasteiger partial charge in [0.25, 0.3) is 0 Å². The molecule has 2 fully saturated rings. The molecule has 4 N–H and O–H groups in total. The maximum Gasteiger partial charge on any atom is 0.247 e. The van der Waals surface area contributed by atoms with Gasteiger partial charge in [0.1, 0.15) is 24.9 Å². The molecule has 61 heavy (non-hydrogen) atoms. The molecule has 328 valence electrons. The summed E-state index contributed by atoms with van der Waals surface area (Å²) in [6.45, 7) is 6.19. The fourth-order valence-electron chi connectivity index (χ4n) is 6.74. The van der Waals surface area contributed by atoms with Gasteiger partial charge in [-0.1, -0.05) is 28.5 Å². The number of piperazine rings is 2. The van der Waals surface area contributed by atoms with E-state index in [-0.39, 0.29) is 43.9 Å². The largest absolute Gasteiger partial charge is 0.508 e. The van der Waals surface area contributed by atoms with Crippen LogP contribution in [-0.2, 0) is 49.6 Å². The number of hydrogen-bond donors (Lipinski definition) is 4. The van der Waals surface area contributed by atoms with E-state index in [2.05, 4.69) is 31.9 Å². The van der Waals surface area contributed by atoms with Gasteiger partial charge in [-0.05, 0) is 17.7 Å². The van der Waals surface area contributed by atoms with Gasteiger partial charge in [0.2, 0.25) is 29.7 Å². The summed E-state index contributed by atoms with van der Waals surface area (Å²) in [4.78, 5) is 49.3. The minimum Gasteiger partial charge on any atom is -0.508 e. The highest BCUT2D eigenvalue weighted by molar-refractivity contribution is 5.81. The molecular formula is C39H54N14O8. The van der Waals surface area contributed by atoms with Crippen molar-refractivity contribution in [1.29, 1.82) is 0 Å². The molecule has 5 heterocycles. The molecule has 0 radical (unpaired) electrons. The van der Waals surface area contributed by atoms with Crippen molar-refractivity contribution in [2.24, 2.45) is 0 Å². The van der Waals surface area contributed by atoms with E-state index in [1.165, 1.54) is 4.68 Å². The molecule has 0 spiro atoms. The van der Waals surface area contributed by atoms with E-state index in [0.717, 1.165) is 5.56 Å². The average molecular weight is 847 g/mol. The van der Waals surface area contributed by atoms with Crippen LogP contribution in [0.5, 0.6) is 5.75 Å². The summed E-state index contributed by atoms with van der Waals surface area (Å²) in [5.74, 6) is 3.61. The summed E-state index contributed by atoms with van der Waals surface area (Å²) in [5.41, 5.74) is 2.05. The minimum absolute atomic E-state index is 0.0441. The number of phenolic OH excluding ortho intramolecular Hbond substituents is 1. The minimum atomic E-state index is -0.692. The number of carbonyl (C=O) groups is 2. The standard InChI is InChI=1S/C39H54N14O8/c1-2-20-59-22-24-61-25-23-60-21-9-40-37-41-38(50-14-10-48(11-15-50)35(57)29-52-27-31(7-18-54)44-46-52)43-39(42-37)51-16-12-49(13-17-51)36(58)34(26-30-3-5-33(56)6-4-30)53-28-32(8-19-55)45-47-53/h1,3-6,27-28,34,54-56H,7-26,29H2,(H,40,41,42,43)/t34-/m0/s1. The number of rotatable bonds is 23. The Morgan fingerprint density at radius 3 is 1.98 bits per heavy atom. The van der Waals surface area contributed by atoms with Crippen molar-refractivity contribution < 1.29 is 39.1 Å². The van der Waals surface area contributed by atoms with Crippen molar-refractivity contribution in [3.8, 4) is 18.1 Å². The molecule has 1 aromatic carbocycles. The molecular weight excluding hydrogens is 793 g/mol. The third-order valence-electron chi connectivity index (χ3n) is 10.0. The molecule has 2 saturated heterocycles. The number of benzene rings is 1. The van der Waals surface area contributed by atoms with Crippen LogP contribution in [0.1, 0.15) is 23.0 Å². The van der Waals surface area contributed by atoms with Gasteiger partial charge < -0.3 is 54.4 Å². The maximum absolute atomic E-state index is 14.2. The number of phenols is 1. The van der Waals surface area contributed by atoms with Gasteiger partial charge in [-0.25, -0.2) is 9.36 Å².